The molecule has 0 spiro atoms. The van der Waals surface area contributed by atoms with Crippen LogP contribution in [0.3, 0.4) is 0 Å². The Kier molecular flexibility index (Phi) is 7.37. The highest BCUT2D eigenvalue weighted by Crippen LogP contribution is 2.28. The molecule has 1 saturated carbocycles. The van der Waals surface area contributed by atoms with E-state index in [0.29, 0.717) is 36.7 Å². The van der Waals surface area contributed by atoms with Crippen molar-refractivity contribution in [2.45, 2.75) is 19.3 Å². The van der Waals surface area contributed by atoms with Crippen molar-refractivity contribution in [1.82, 2.24) is 5.32 Å². The third kappa shape index (κ3) is 6.01. The van der Waals surface area contributed by atoms with E-state index in [1.54, 1.807) is 24.3 Å². The van der Waals surface area contributed by atoms with Crippen molar-refractivity contribution in [3.05, 3.63) is 68.7 Å². The number of nitrogens with zero attached hydrogens (tertiary/aromatic N) is 1. The van der Waals surface area contributed by atoms with Crippen molar-refractivity contribution in [2.24, 2.45) is 5.92 Å². The third-order valence-corrected chi connectivity index (χ3v) is 4.94. The number of carbonyl (C=O) groups is 2. The SMILES string of the molecule is O=C(Nc1ccccc1C(=O)NCCCOCC1CC1)c1ccc([N+](=O)[O-])cc1Cl. The van der Waals surface area contributed by atoms with Gasteiger partial charge in [-0.15, -0.1) is 0 Å². The molecule has 0 bridgehead atoms. The van der Waals surface area contributed by atoms with Crippen molar-refractivity contribution in [3.8, 4) is 0 Å². The summed E-state index contributed by atoms with van der Waals surface area (Å²) >= 11 is 6.01. The number of hydrogen-bond acceptors (Lipinski definition) is 5. The summed E-state index contributed by atoms with van der Waals surface area (Å²) in [4.78, 5) is 35.3. The standard InChI is InChI=1S/C21H22ClN3O5/c22-18-12-15(25(28)29)8-9-16(18)21(27)24-19-5-2-1-4-17(19)20(26)23-10-3-11-30-13-14-6-7-14/h1-2,4-5,8-9,12,14H,3,6-7,10-11,13H2,(H,23,26)(H,24,27). The largest absolute Gasteiger partial charge is 0.381 e. The summed E-state index contributed by atoms with van der Waals surface area (Å²) in [7, 11) is 0. The average molecular weight is 432 g/mol. The summed E-state index contributed by atoms with van der Waals surface area (Å²) in [6.45, 7) is 1.84. The monoisotopic (exact) mass is 431 g/mol. The van der Waals surface area contributed by atoms with Crippen LogP contribution < -0.4 is 10.6 Å². The molecule has 0 radical (unpaired) electrons. The number of hydrogen-bond donors (Lipinski definition) is 2. The highest BCUT2D eigenvalue weighted by atomic mass is 35.5. The van der Waals surface area contributed by atoms with Gasteiger partial charge in [0.05, 0.1) is 26.8 Å². The molecule has 8 nitrogen and oxygen atoms in total. The Morgan fingerprint density at radius 1 is 1.13 bits per heavy atom. The summed E-state index contributed by atoms with van der Waals surface area (Å²) in [6, 6.07) is 10.2. The van der Waals surface area contributed by atoms with E-state index >= 15 is 0 Å². The van der Waals surface area contributed by atoms with E-state index in [2.05, 4.69) is 10.6 Å². The average Bonchev–Trinajstić information content (AvgIpc) is 3.55. The van der Waals surface area contributed by atoms with Gasteiger partial charge < -0.3 is 15.4 Å². The first-order valence-corrected chi connectivity index (χ1v) is 10.0. The Morgan fingerprint density at radius 3 is 2.60 bits per heavy atom. The maximum absolute atomic E-state index is 12.6. The van der Waals surface area contributed by atoms with Gasteiger partial charge in [0.2, 0.25) is 0 Å². The number of anilines is 1. The lowest BCUT2D eigenvalue weighted by Gasteiger charge is -2.12. The van der Waals surface area contributed by atoms with Crippen LogP contribution in [0.15, 0.2) is 42.5 Å². The lowest BCUT2D eigenvalue weighted by atomic mass is 10.1. The Balaban J connectivity index is 1.58. The molecule has 2 amide bonds. The topological polar surface area (TPSA) is 111 Å². The van der Waals surface area contributed by atoms with E-state index in [4.69, 9.17) is 16.3 Å². The molecule has 0 atom stereocenters. The number of non-ortho nitro benzene ring substituents is 1. The molecule has 9 heteroatoms. The summed E-state index contributed by atoms with van der Waals surface area (Å²) in [6.07, 6.45) is 3.18. The number of amides is 2. The number of ether oxygens (including phenoxy) is 1. The molecule has 2 aromatic rings. The minimum Gasteiger partial charge on any atom is -0.381 e. The highest BCUT2D eigenvalue weighted by Gasteiger charge is 2.21. The second-order valence-corrected chi connectivity index (χ2v) is 7.46. The van der Waals surface area contributed by atoms with Gasteiger partial charge in [0, 0.05) is 31.9 Å². The molecule has 2 aromatic carbocycles. The maximum Gasteiger partial charge on any atom is 0.270 e. The van der Waals surface area contributed by atoms with Gasteiger partial charge in [-0.25, -0.2) is 0 Å². The molecule has 0 heterocycles. The van der Waals surface area contributed by atoms with E-state index in [1.807, 2.05) is 0 Å². The van der Waals surface area contributed by atoms with Crippen molar-refractivity contribution in [3.63, 3.8) is 0 Å². The Bertz CT molecular complexity index is 946. The highest BCUT2D eigenvalue weighted by molar-refractivity contribution is 6.34. The Labute approximate surface area is 178 Å². The number of nitro benzene ring substituents is 1. The predicted octanol–water partition coefficient (Wildman–Crippen LogP) is 4.05. The van der Waals surface area contributed by atoms with Gasteiger partial charge in [0.1, 0.15) is 0 Å². The van der Waals surface area contributed by atoms with Gasteiger partial charge in [0.25, 0.3) is 17.5 Å². The van der Waals surface area contributed by atoms with Gasteiger partial charge >= 0.3 is 0 Å². The molecule has 2 N–H and O–H groups in total. The van der Waals surface area contributed by atoms with Gasteiger partial charge in [-0.1, -0.05) is 23.7 Å². The van der Waals surface area contributed by atoms with E-state index < -0.39 is 10.8 Å². The van der Waals surface area contributed by atoms with Crippen molar-refractivity contribution in [2.75, 3.05) is 25.1 Å². The number of halogens is 1. The van der Waals surface area contributed by atoms with Gasteiger partial charge in [-0.2, -0.15) is 0 Å². The fourth-order valence-electron chi connectivity index (χ4n) is 2.79. The molecule has 0 unspecified atom stereocenters. The zero-order valence-electron chi connectivity index (χ0n) is 16.2. The first-order valence-electron chi connectivity index (χ1n) is 9.66. The molecule has 30 heavy (non-hydrogen) atoms. The number of rotatable bonds is 10. The molecule has 0 saturated heterocycles. The fraction of sp³-hybridized carbons (Fsp3) is 0.333. The third-order valence-electron chi connectivity index (χ3n) is 4.63. The number of para-hydroxylation sites is 1. The van der Waals surface area contributed by atoms with Gasteiger partial charge in [-0.3, -0.25) is 19.7 Å². The molecule has 0 aliphatic heterocycles. The molecule has 3 rings (SSSR count). The van der Waals surface area contributed by atoms with Crippen LogP contribution in [0.4, 0.5) is 11.4 Å². The number of nitro groups is 1. The fourth-order valence-corrected chi connectivity index (χ4v) is 3.05. The number of carbonyl (C=O) groups excluding carboxylic acids is 2. The first kappa shape index (κ1) is 21.7. The maximum atomic E-state index is 12.6. The van der Waals surface area contributed by atoms with Crippen LogP contribution in [0.1, 0.15) is 40.0 Å². The van der Waals surface area contributed by atoms with Crippen LogP contribution in [0.25, 0.3) is 0 Å². The predicted molar refractivity (Wildman–Crippen MR) is 113 cm³/mol. The second kappa shape index (κ2) is 10.2. The Hall–Kier alpha value is -2.97. The molecule has 158 valence electrons. The van der Waals surface area contributed by atoms with Gasteiger partial charge in [0.15, 0.2) is 0 Å². The lowest BCUT2D eigenvalue weighted by molar-refractivity contribution is -0.384. The van der Waals surface area contributed by atoms with Gasteiger partial charge in [-0.05, 0) is 43.4 Å². The molecule has 1 fully saturated rings. The van der Waals surface area contributed by atoms with Crippen LogP contribution in [0.2, 0.25) is 5.02 Å². The molecular weight excluding hydrogens is 410 g/mol. The zero-order valence-corrected chi connectivity index (χ0v) is 17.0. The molecular formula is C21H22ClN3O5. The quantitative estimate of drug-likeness (QED) is 0.335. The van der Waals surface area contributed by atoms with E-state index in [1.165, 1.54) is 25.0 Å². The summed E-state index contributed by atoms with van der Waals surface area (Å²) in [5.74, 6) is -0.175. The smallest absolute Gasteiger partial charge is 0.270 e. The Morgan fingerprint density at radius 2 is 1.90 bits per heavy atom. The number of benzene rings is 2. The molecule has 1 aliphatic carbocycles. The van der Waals surface area contributed by atoms with Crippen LogP contribution >= 0.6 is 11.6 Å². The first-order chi connectivity index (χ1) is 14.5. The minimum atomic E-state index is -0.593. The number of nitrogens with one attached hydrogen (secondary N) is 2. The zero-order chi connectivity index (χ0) is 21.5. The van der Waals surface area contributed by atoms with E-state index in [-0.39, 0.29) is 22.2 Å². The van der Waals surface area contributed by atoms with Crippen molar-refractivity contribution < 1.29 is 19.2 Å². The summed E-state index contributed by atoms with van der Waals surface area (Å²) in [5, 5.41) is 16.2. The van der Waals surface area contributed by atoms with Crippen LogP contribution in [0, 0.1) is 16.0 Å². The van der Waals surface area contributed by atoms with Crippen molar-refractivity contribution >= 4 is 34.8 Å². The molecule has 1 aliphatic rings. The van der Waals surface area contributed by atoms with E-state index in [9.17, 15) is 19.7 Å². The summed E-state index contributed by atoms with van der Waals surface area (Å²) in [5.41, 5.74) is 0.491. The normalized spacial score (nSPS) is 13.0. The summed E-state index contributed by atoms with van der Waals surface area (Å²) < 4.78 is 5.54. The minimum absolute atomic E-state index is 0.0465. The van der Waals surface area contributed by atoms with Crippen molar-refractivity contribution in [1.29, 1.82) is 0 Å². The van der Waals surface area contributed by atoms with Crippen LogP contribution in [0.5, 0.6) is 0 Å². The van der Waals surface area contributed by atoms with Crippen LogP contribution in [-0.2, 0) is 4.74 Å². The second-order valence-electron chi connectivity index (χ2n) is 7.05. The van der Waals surface area contributed by atoms with Crippen LogP contribution in [-0.4, -0.2) is 36.5 Å². The molecule has 0 aromatic heterocycles. The lowest BCUT2D eigenvalue weighted by Crippen LogP contribution is -2.27. The van der Waals surface area contributed by atoms with E-state index in [0.717, 1.165) is 12.7 Å².